The van der Waals surface area contributed by atoms with E-state index in [-0.39, 0.29) is 18.4 Å². The second kappa shape index (κ2) is 11.7. The first-order valence-corrected chi connectivity index (χ1v) is 11.0. The normalized spacial score (nSPS) is 10.5. The van der Waals surface area contributed by atoms with Gasteiger partial charge in [-0.3, -0.25) is 4.79 Å². The molecule has 0 aromatic heterocycles. The lowest BCUT2D eigenvalue weighted by atomic mass is 10.1. The predicted octanol–water partition coefficient (Wildman–Crippen LogP) is 6.01. The van der Waals surface area contributed by atoms with Gasteiger partial charge in [0.2, 0.25) is 5.91 Å². The van der Waals surface area contributed by atoms with Crippen LogP contribution in [-0.4, -0.2) is 25.1 Å². The van der Waals surface area contributed by atoms with Crippen LogP contribution in [0.5, 0.6) is 17.2 Å². The third kappa shape index (κ3) is 6.84. The molecule has 0 saturated carbocycles. The molecule has 0 unspecified atom stereocenters. The van der Waals surface area contributed by atoms with E-state index in [1.165, 1.54) is 7.11 Å². The highest BCUT2D eigenvalue weighted by Crippen LogP contribution is 2.25. The molecule has 1 amide bonds. The molecule has 0 heterocycles. The van der Waals surface area contributed by atoms with Crippen LogP contribution in [-0.2, 0) is 16.0 Å². The molecule has 0 aliphatic carbocycles. The summed E-state index contributed by atoms with van der Waals surface area (Å²) in [7, 11) is 1.31. The molecule has 1 N–H and O–H groups in total. The van der Waals surface area contributed by atoms with Crippen molar-refractivity contribution in [3.8, 4) is 17.2 Å². The van der Waals surface area contributed by atoms with E-state index >= 15 is 0 Å². The number of methoxy groups -OCH3 is 1. The van der Waals surface area contributed by atoms with Gasteiger partial charge in [-0.15, -0.1) is 0 Å². The largest absolute Gasteiger partial charge is 0.490 e. The maximum atomic E-state index is 12.5. The number of para-hydroxylation sites is 1. The summed E-state index contributed by atoms with van der Waals surface area (Å²) in [5.41, 5.74) is 1.56. The van der Waals surface area contributed by atoms with Crippen LogP contribution in [0.3, 0.4) is 0 Å². The Morgan fingerprint density at radius 1 is 0.818 bits per heavy atom. The van der Waals surface area contributed by atoms with Gasteiger partial charge < -0.3 is 19.5 Å². The summed E-state index contributed by atoms with van der Waals surface area (Å²) in [6.45, 7) is 4.22. The molecule has 0 atom stereocenters. The third-order valence-electron chi connectivity index (χ3n) is 5.17. The van der Waals surface area contributed by atoms with Crippen molar-refractivity contribution >= 4 is 17.6 Å². The van der Waals surface area contributed by atoms with Crippen molar-refractivity contribution in [1.82, 2.24) is 0 Å². The van der Waals surface area contributed by atoms with E-state index in [2.05, 4.69) is 19.2 Å². The summed E-state index contributed by atoms with van der Waals surface area (Å²) in [5.74, 6) is 1.47. The Bertz CT molecular complexity index is 1060. The summed E-state index contributed by atoms with van der Waals surface area (Å²) in [6.07, 6.45) is 2.32. The molecule has 6 nitrogen and oxygen atoms in total. The molecule has 3 rings (SSSR count). The summed E-state index contributed by atoms with van der Waals surface area (Å²) in [4.78, 5) is 24.3. The molecule has 0 spiro atoms. The highest BCUT2D eigenvalue weighted by Gasteiger charge is 2.13. The first-order chi connectivity index (χ1) is 16.0. The number of benzene rings is 3. The molecular formula is C27H29NO5. The monoisotopic (exact) mass is 447 g/mol. The van der Waals surface area contributed by atoms with E-state index in [1.807, 2.05) is 48.5 Å². The zero-order valence-electron chi connectivity index (χ0n) is 19.2. The number of rotatable bonds is 10. The van der Waals surface area contributed by atoms with Crippen LogP contribution in [0.2, 0.25) is 0 Å². The molecule has 0 fully saturated rings. The van der Waals surface area contributed by atoms with Gasteiger partial charge in [0.15, 0.2) is 0 Å². The maximum Gasteiger partial charge on any atom is 0.339 e. The van der Waals surface area contributed by atoms with E-state index < -0.39 is 5.97 Å². The molecule has 0 saturated heterocycles. The van der Waals surface area contributed by atoms with Crippen LogP contribution in [0.1, 0.15) is 42.6 Å². The SMILES string of the molecule is CCC(CC)Oc1ccc(Oc2ccc(CC(=O)Nc3ccccc3C(=O)OC)cc2)cc1. The van der Waals surface area contributed by atoms with Crippen LogP contribution >= 0.6 is 0 Å². The number of hydrogen-bond acceptors (Lipinski definition) is 5. The highest BCUT2D eigenvalue weighted by molar-refractivity contribution is 6.01. The van der Waals surface area contributed by atoms with Gasteiger partial charge in [-0.25, -0.2) is 4.79 Å². The van der Waals surface area contributed by atoms with Crippen LogP contribution in [0.4, 0.5) is 5.69 Å². The van der Waals surface area contributed by atoms with Gasteiger partial charge >= 0.3 is 5.97 Å². The molecule has 0 bridgehead atoms. The van der Waals surface area contributed by atoms with E-state index in [4.69, 9.17) is 14.2 Å². The number of nitrogens with one attached hydrogen (secondary N) is 1. The number of carbonyl (C=O) groups is 2. The van der Waals surface area contributed by atoms with E-state index in [0.717, 1.165) is 24.2 Å². The van der Waals surface area contributed by atoms with Crippen LogP contribution in [0.15, 0.2) is 72.8 Å². The van der Waals surface area contributed by atoms with Gasteiger partial charge in [-0.1, -0.05) is 38.1 Å². The van der Waals surface area contributed by atoms with E-state index in [9.17, 15) is 9.59 Å². The second-order valence-corrected chi connectivity index (χ2v) is 7.54. The number of amides is 1. The molecule has 6 heteroatoms. The highest BCUT2D eigenvalue weighted by atomic mass is 16.5. The Kier molecular flexibility index (Phi) is 8.47. The quantitative estimate of drug-likeness (QED) is 0.385. The zero-order chi connectivity index (χ0) is 23.6. The lowest BCUT2D eigenvalue weighted by molar-refractivity contribution is -0.115. The predicted molar refractivity (Wildman–Crippen MR) is 128 cm³/mol. The van der Waals surface area contributed by atoms with Crippen molar-refractivity contribution in [1.29, 1.82) is 0 Å². The lowest BCUT2D eigenvalue weighted by Crippen LogP contribution is -2.17. The van der Waals surface area contributed by atoms with Gasteiger partial charge in [0.1, 0.15) is 17.2 Å². The Labute approximate surface area is 194 Å². The van der Waals surface area contributed by atoms with Gasteiger partial charge in [-0.05, 0) is 66.9 Å². The standard InChI is InChI=1S/C27H29NO5/c1-4-20(5-2)32-22-14-16-23(17-15-22)33-21-12-10-19(11-13-21)18-26(29)28-25-9-7-6-8-24(25)27(30)31-3/h6-17,20H,4-5,18H2,1-3H3,(H,28,29). The fourth-order valence-electron chi connectivity index (χ4n) is 3.31. The minimum Gasteiger partial charge on any atom is -0.490 e. The molecule has 0 aliphatic heterocycles. The van der Waals surface area contributed by atoms with Gasteiger partial charge in [0.05, 0.1) is 30.9 Å². The fourth-order valence-corrected chi connectivity index (χ4v) is 3.31. The van der Waals surface area contributed by atoms with Crippen molar-refractivity contribution in [3.63, 3.8) is 0 Å². The van der Waals surface area contributed by atoms with E-state index in [0.29, 0.717) is 22.7 Å². The number of carbonyl (C=O) groups excluding carboxylic acids is 2. The summed E-state index contributed by atoms with van der Waals surface area (Å²) >= 11 is 0. The first kappa shape index (κ1) is 23.9. The van der Waals surface area contributed by atoms with Crippen molar-refractivity contribution in [3.05, 3.63) is 83.9 Å². The van der Waals surface area contributed by atoms with Gasteiger partial charge in [0, 0.05) is 0 Å². The average Bonchev–Trinajstić information content (AvgIpc) is 2.84. The first-order valence-electron chi connectivity index (χ1n) is 11.0. The molecule has 0 radical (unpaired) electrons. The molecule has 33 heavy (non-hydrogen) atoms. The van der Waals surface area contributed by atoms with Crippen LogP contribution < -0.4 is 14.8 Å². The Morgan fingerprint density at radius 2 is 1.39 bits per heavy atom. The van der Waals surface area contributed by atoms with Gasteiger partial charge in [-0.2, -0.15) is 0 Å². The Hall–Kier alpha value is -3.80. The molecule has 172 valence electrons. The van der Waals surface area contributed by atoms with Gasteiger partial charge in [0.25, 0.3) is 0 Å². The topological polar surface area (TPSA) is 73.9 Å². The fraction of sp³-hybridized carbons (Fsp3) is 0.259. The third-order valence-corrected chi connectivity index (χ3v) is 5.17. The second-order valence-electron chi connectivity index (χ2n) is 7.54. The minimum absolute atomic E-state index is 0.165. The molecular weight excluding hydrogens is 418 g/mol. The van der Waals surface area contributed by atoms with Crippen molar-refractivity contribution in [2.75, 3.05) is 12.4 Å². The summed E-state index contributed by atoms with van der Waals surface area (Å²) in [5, 5.41) is 2.77. The molecule has 3 aromatic carbocycles. The van der Waals surface area contributed by atoms with Crippen molar-refractivity contribution in [2.24, 2.45) is 0 Å². The number of esters is 1. The lowest BCUT2D eigenvalue weighted by Gasteiger charge is -2.15. The Balaban J connectivity index is 1.56. The summed E-state index contributed by atoms with van der Waals surface area (Å²) < 4.78 is 16.6. The smallest absolute Gasteiger partial charge is 0.339 e. The van der Waals surface area contributed by atoms with Crippen molar-refractivity contribution < 1.29 is 23.8 Å². The van der Waals surface area contributed by atoms with Crippen LogP contribution in [0.25, 0.3) is 0 Å². The molecule has 0 aliphatic rings. The zero-order valence-corrected chi connectivity index (χ0v) is 19.2. The van der Waals surface area contributed by atoms with Crippen molar-refractivity contribution in [2.45, 2.75) is 39.2 Å². The van der Waals surface area contributed by atoms with E-state index in [1.54, 1.807) is 24.3 Å². The summed E-state index contributed by atoms with van der Waals surface area (Å²) in [6, 6.07) is 21.6. The Morgan fingerprint density at radius 3 is 2.00 bits per heavy atom. The molecule has 3 aromatic rings. The average molecular weight is 448 g/mol. The number of hydrogen-bond donors (Lipinski definition) is 1. The maximum absolute atomic E-state index is 12.5. The van der Waals surface area contributed by atoms with Crippen LogP contribution in [0, 0.1) is 0 Å². The number of anilines is 1. The minimum atomic E-state index is -0.498. The number of ether oxygens (including phenoxy) is 3.